The molecule has 5 heteroatoms. The van der Waals surface area contributed by atoms with E-state index in [9.17, 15) is 9.59 Å². The molecule has 0 aromatic carbocycles. The third kappa shape index (κ3) is 2.41. The minimum atomic E-state index is -0.731. The third-order valence-corrected chi connectivity index (χ3v) is 4.62. The molecule has 2 amide bonds. The van der Waals surface area contributed by atoms with E-state index >= 15 is 0 Å². The van der Waals surface area contributed by atoms with Crippen molar-refractivity contribution in [2.45, 2.75) is 51.2 Å². The number of rotatable bonds is 4. The summed E-state index contributed by atoms with van der Waals surface area (Å²) in [5.41, 5.74) is 0.225. The van der Waals surface area contributed by atoms with Gasteiger partial charge in [-0.05, 0) is 43.7 Å². The predicted octanol–water partition coefficient (Wildman–Crippen LogP) is 1.49. The van der Waals surface area contributed by atoms with Crippen LogP contribution in [-0.4, -0.2) is 33.3 Å². The molecule has 1 aliphatic heterocycles. The molecule has 1 aromatic rings. The van der Waals surface area contributed by atoms with Crippen molar-refractivity contribution in [3.63, 3.8) is 0 Å². The van der Waals surface area contributed by atoms with Gasteiger partial charge < -0.3 is 10.2 Å². The van der Waals surface area contributed by atoms with Gasteiger partial charge in [-0.2, -0.15) is 0 Å². The number of hydrogen-bond acceptors (Lipinski definition) is 3. The van der Waals surface area contributed by atoms with E-state index in [1.807, 2.05) is 26.0 Å². The number of pyridine rings is 1. The van der Waals surface area contributed by atoms with Crippen LogP contribution in [0.5, 0.6) is 0 Å². The van der Waals surface area contributed by atoms with Gasteiger partial charge in [0, 0.05) is 18.9 Å². The standard InChI is InChI=1S/C16H21N3O2/c1-3-13-14(20)18-16(2,12-6-7-12)15(21)19(13)10-11-5-4-8-17-9-11/h4-5,8-9,12-13H,3,6-7,10H2,1-2H3,(H,18,20). The molecule has 5 nitrogen and oxygen atoms in total. The maximum absolute atomic E-state index is 12.9. The maximum Gasteiger partial charge on any atom is 0.249 e. The van der Waals surface area contributed by atoms with Gasteiger partial charge in [0.25, 0.3) is 0 Å². The smallest absolute Gasteiger partial charge is 0.249 e. The number of nitrogens with one attached hydrogen (secondary N) is 1. The van der Waals surface area contributed by atoms with Crippen LogP contribution in [-0.2, 0) is 16.1 Å². The zero-order chi connectivity index (χ0) is 15.0. The highest BCUT2D eigenvalue weighted by molar-refractivity contribution is 6.00. The van der Waals surface area contributed by atoms with E-state index in [0.29, 0.717) is 13.0 Å². The molecule has 0 radical (unpaired) electrons. The molecule has 1 aliphatic carbocycles. The molecule has 21 heavy (non-hydrogen) atoms. The van der Waals surface area contributed by atoms with Crippen molar-refractivity contribution >= 4 is 11.8 Å². The Kier molecular flexibility index (Phi) is 3.43. The van der Waals surface area contributed by atoms with Gasteiger partial charge in [0.15, 0.2) is 0 Å². The highest BCUT2D eigenvalue weighted by atomic mass is 16.2. The van der Waals surface area contributed by atoms with E-state index < -0.39 is 5.54 Å². The highest BCUT2D eigenvalue weighted by Crippen LogP contribution is 2.42. The first-order valence-electron chi connectivity index (χ1n) is 7.58. The van der Waals surface area contributed by atoms with E-state index in [4.69, 9.17) is 0 Å². The second-order valence-corrected chi connectivity index (χ2v) is 6.18. The summed E-state index contributed by atoms with van der Waals surface area (Å²) in [6.07, 6.45) is 6.11. The number of piperazine rings is 1. The number of carbonyl (C=O) groups is 2. The van der Waals surface area contributed by atoms with Crippen LogP contribution in [0.2, 0.25) is 0 Å². The van der Waals surface area contributed by atoms with Gasteiger partial charge >= 0.3 is 0 Å². The molecule has 1 saturated carbocycles. The van der Waals surface area contributed by atoms with Crippen LogP contribution < -0.4 is 5.32 Å². The second kappa shape index (κ2) is 5.13. The normalized spacial score (nSPS) is 29.4. The quantitative estimate of drug-likeness (QED) is 0.912. The summed E-state index contributed by atoms with van der Waals surface area (Å²) < 4.78 is 0. The fourth-order valence-electron chi connectivity index (χ4n) is 3.19. The maximum atomic E-state index is 12.9. The number of nitrogens with zero attached hydrogens (tertiary/aromatic N) is 2. The monoisotopic (exact) mass is 287 g/mol. The third-order valence-electron chi connectivity index (χ3n) is 4.62. The Hall–Kier alpha value is -1.91. The predicted molar refractivity (Wildman–Crippen MR) is 78.1 cm³/mol. The molecular weight excluding hydrogens is 266 g/mol. The number of hydrogen-bond donors (Lipinski definition) is 1. The average molecular weight is 287 g/mol. The highest BCUT2D eigenvalue weighted by Gasteiger charge is 2.54. The fraction of sp³-hybridized carbons (Fsp3) is 0.562. The van der Waals surface area contributed by atoms with Crippen molar-refractivity contribution in [1.29, 1.82) is 0 Å². The van der Waals surface area contributed by atoms with E-state index in [1.165, 1.54) is 0 Å². The molecule has 2 heterocycles. The summed E-state index contributed by atoms with van der Waals surface area (Å²) in [6.45, 7) is 4.25. The molecule has 0 spiro atoms. The molecule has 2 atom stereocenters. The molecule has 112 valence electrons. The van der Waals surface area contributed by atoms with E-state index in [1.54, 1.807) is 17.3 Å². The van der Waals surface area contributed by atoms with Crippen LogP contribution >= 0.6 is 0 Å². The van der Waals surface area contributed by atoms with Gasteiger partial charge in [-0.3, -0.25) is 14.6 Å². The first-order chi connectivity index (χ1) is 10.1. The lowest BCUT2D eigenvalue weighted by Crippen LogP contribution is -2.69. The van der Waals surface area contributed by atoms with Gasteiger partial charge in [-0.15, -0.1) is 0 Å². The minimum Gasteiger partial charge on any atom is -0.340 e. The van der Waals surface area contributed by atoms with Gasteiger partial charge in [-0.25, -0.2) is 0 Å². The molecule has 3 rings (SSSR count). The van der Waals surface area contributed by atoms with Crippen molar-refractivity contribution in [3.05, 3.63) is 30.1 Å². The van der Waals surface area contributed by atoms with Crippen LogP contribution in [0.25, 0.3) is 0 Å². The summed E-state index contributed by atoms with van der Waals surface area (Å²) in [7, 11) is 0. The molecule has 1 aromatic heterocycles. The van der Waals surface area contributed by atoms with Crippen LogP contribution in [0.1, 0.15) is 38.7 Å². The molecule has 2 fully saturated rings. The number of carbonyl (C=O) groups excluding carboxylic acids is 2. The Labute approximate surface area is 124 Å². The molecular formula is C16H21N3O2. The Balaban J connectivity index is 1.89. The second-order valence-electron chi connectivity index (χ2n) is 6.18. The van der Waals surface area contributed by atoms with Crippen LogP contribution in [0.3, 0.4) is 0 Å². The molecule has 1 N–H and O–H groups in total. The Morgan fingerprint density at radius 3 is 2.76 bits per heavy atom. The Bertz CT molecular complexity index is 556. The van der Waals surface area contributed by atoms with E-state index in [-0.39, 0.29) is 23.8 Å². The number of amides is 2. The molecule has 2 unspecified atom stereocenters. The Morgan fingerprint density at radius 1 is 1.43 bits per heavy atom. The topological polar surface area (TPSA) is 62.3 Å². The summed E-state index contributed by atoms with van der Waals surface area (Å²) >= 11 is 0. The lowest BCUT2D eigenvalue weighted by atomic mass is 9.88. The van der Waals surface area contributed by atoms with Crippen molar-refractivity contribution in [2.75, 3.05) is 0 Å². The molecule has 1 saturated heterocycles. The first-order valence-corrected chi connectivity index (χ1v) is 7.58. The zero-order valence-corrected chi connectivity index (χ0v) is 12.5. The summed E-state index contributed by atoms with van der Waals surface area (Å²) in [6, 6.07) is 3.41. The van der Waals surface area contributed by atoms with Crippen molar-refractivity contribution in [2.24, 2.45) is 5.92 Å². The minimum absolute atomic E-state index is 0.0320. The van der Waals surface area contributed by atoms with E-state index in [0.717, 1.165) is 18.4 Å². The van der Waals surface area contributed by atoms with Gasteiger partial charge in [0.05, 0.1) is 0 Å². The van der Waals surface area contributed by atoms with E-state index in [2.05, 4.69) is 10.3 Å². The Morgan fingerprint density at radius 2 is 2.19 bits per heavy atom. The number of aromatic nitrogens is 1. The summed E-state index contributed by atoms with van der Waals surface area (Å²) in [5, 5.41) is 2.98. The fourth-order valence-corrected chi connectivity index (χ4v) is 3.19. The van der Waals surface area contributed by atoms with Crippen LogP contribution in [0, 0.1) is 5.92 Å². The lowest BCUT2D eigenvalue weighted by molar-refractivity contribution is -0.156. The van der Waals surface area contributed by atoms with Crippen LogP contribution in [0.4, 0.5) is 0 Å². The molecule has 0 bridgehead atoms. The lowest BCUT2D eigenvalue weighted by Gasteiger charge is -2.44. The van der Waals surface area contributed by atoms with Gasteiger partial charge in [0.2, 0.25) is 11.8 Å². The molecule has 2 aliphatic rings. The average Bonchev–Trinajstić information content (AvgIpc) is 3.31. The van der Waals surface area contributed by atoms with Gasteiger partial charge in [0.1, 0.15) is 11.6 Å². The van der Waals surface area contributed by atoms with Crippen molar-refractivity contribution < 1.29 is 9.59 Å². The van der Waals surface area contributed by atoms with Crippen LogP contribution in [0.15, 0.2) is 24.5 Å². The summed E-state index contributed by atoms with van der Waals surface area (Å²) in [4.78, 5) is 31.2. The largest absolute Gasteiger partial charge is 0.340 e. The van der Waals surface area contributed by atoms with Crippen molar-refractivity contribution in [1.82, 2.24) is 15.2 Å². The zero-order valence-electron chi connectivity index (χ0n) is 12.5. The summed E-state index contributed by atoms with van der Waals surface area (Å²) in [5.74, 6) is 0.291. The SMILES string of the molecule is CCC1C(=O)NC(C)(C2CC2)C(=O)N1Cc1cccnc1. The first kappa shape index (κ1) is 14.0. The van der Waals surface area contributed by atoms with Gasteiger partial charge in [-0.1, -0.05) is 13.0 Å². The van der Waals surface area contributed by atoms with Crippen molar-refractivity contribution in [3.8, 4) is 0 Å².